The number of nitro groups is 1. The number of sulfonamides is 1. The SMILES string of the molecule is NS(=O)(=O)c1cnc([N+](=O)[O-])c(I)c1OC(F)(F)F. The molecule has 8 nitrogen and oxygen atoms in total. The fourth-order valence-corrected chi connectivity index (χ4v) is 2.51. The molecule has 13 heteroatoms. The first-order valence-electron chi connectivity index (χ1n) is 4.05. The minimum atomic E-state index is -5.24. The maximum Gasteiger partial charge on any atom is 0.573 e. The fraction of sp³-hybridized carbons (Fsp3) is 0.167. The van der Waals surface area contributed by atoms with Crippen LogP contribution in [0.1, 0.15) is 0 Å². The first-order valence-corrected chi connectivity index (χ1v) is 6.67. The summed E-state index contributed by atoms with van der Waals surface area (Å²) in [4.78, 5) is 11.5. The molecule has 1 rings (SSSR count). The van der Waals surface area contributed by atoms with Gasteiger partial charge in [-0.15, -0.1) is 13.2 Å². The predicted molar refractivity (Wildman–Crippen MR) is 61.7 cm³/mol. The van der Waals surface area contributed by atoms with Crippen LogP contribution in [0.2, 0.25) is 0 Å². The van der Waals surface area contributed by atoms with Crippen LogP contribution in [0, 0.1) is 13.7 Å². The highest BCUT2D eigenvalue weighted by Crippen LogP contribution is 2.36. The van der Waals surface area contributed by atoms with E-state index in [0.717, 1.165) is 22.6 Å². The molecule has 1 aromatic heterocycles. The van der Waals surface area contributed by atoms with Gasteiger partial charge in [-0.05, 0) is 32.5 Å². The van der Waals surface area contributed by atoms with Gasteiger partial charge in [-0.1, -0.05) is 0 Å². The van der Waals surface area contributed by atoms with Crippen LogP contribution >= 0.6 is 22.6 Å². The normalized spacial score (nSPS) is 12.3. The molecule has 0 saturated carbocycles. The van der Waals surface area contributed by atoms with E-state index in [9.17, 15) is 31.7 Å². The van der Waals surface area contributed by atoms with Crippen molar-refractivity contribution >= 4 is 38.4 Å². The van der Waals surface area contributed by atoms with Gasteiger partial charge in [0.25, 0.3) is 0 Å². The highest BCUT2D eigenvalue weighted by atomic mass is 127. The molecule has 0 spiro atoms. The van der Waals surface area contributed by atoms with Gasteiger partial charge in [-0.3, -0.25) is 0 Å². The standard InChI is InChI=1S/C6H3F3IN3O5S/c7-6(8,9)18-4-2(19(11,16)17)1-12-5(3(4)10)13(14)15/h1H,(H2,11,16,17). The molecule has 0 fully saturated rings. The molecule has 0 radical (unpaired) electrons. The number of nitrogens with zero attached hydrogens (tertiary/aromatic N) is 2. The molecule has 0 unspecified atom stereocenters. The molecular weight excluding hydrogens is 410 g/mol. The summed E-state index contributed by atoms with van der Waals surface area (Å²) in [5.41, 5.74) is 0. The summed E-state index contributed by atoms with van der Waals surface area (Å²) < 4.78 is 61.4. The Labute approximate surface area is 117 Å². The largest absolute Gasteiger partial charge is 0.573 e. The Bertz CT molecular complexity index is 632. The predicted octanol–water partition coefficient (Wildman–Crippen LogP) is 1.14. The Hall–Kier alpha value is -1.22. The molecule has 0 aliphatic heterocycles. The molecule has 0 atom stereocenters. The smallest absolute Gasteiger partial charge is 0.403 e. The van der Waals surface area contributed by atoms with E-state index >= 15 is 0 Å². The molecule has 0 saturated heterocycles. The zero-order valence-electron chi connectivity index (χ0n) is 8.51. The van der Waals surface area contributed by atoms with Crippen molar-refractivity contribution in [2.24, 2.45) is 5.14 Å². The summed E-state index contributed by atoms with van der Waals surface area (Å²) >= 11 is 1.11. The van der Waals surface area contributed by atoms with E-state index in [1.54, 1.807) is 0 Å². The van der Waals surface area contributed by atoms with E-state index in [1.807, 2.05) is 0 Å². The van der Waals surface area contributed by atoms with Crippen LogP contribution in [0.4, 0.5) is 19.0 Å². The average Bonchev–Trinajstić information content (AvgIpc) is 2.16. The van der Waals surface area contributed by atoms with E-state index in [4.69, 9.17) is 0 Å². The van der Waals surface area contributed by atoms with Crippen LogP contribution < -0.4 is 9.88 Å². The van der Waals surface area contributed by atoms with Crippen LogP contribution in [0.5, 0.6) is 5.75 Å². The monoisotopic (exact) mass is 413 g/mol. The van der Waals surface area contributed by atoms with Crippen molar-refractivity contribution in [2.45, 2.75) is 11.3 Å². The summed E-state index contributed by atoms with van der Waals surface area (Å²) in [6.45, 7) is 0. The third-order valence-electron chi connectivity index (χ3n) is 1.62. The number of hydrogen-bond donors (Lipinski definition) is 1. The molecule has 19 heavy (non-hydrogen) atoms. The van der Waals surface area contributed by atoms with Gasteiger partial charge in [-0.2, -0.15) is 0 Å². The summed E-state index contributed by atoms with van der Waals surface area (Å²) in [5, 5.41) is 15.2. The Morgan fingerprint density at radius 3 is 2.37 bits per heavy atom. The third kappa shape index (κ3) is 3.87. The maximum absolute atomic E-state index is 12.2. The Morgan fingerprint density at radius 2 is 2.00 bits per heavy atom. The first kappa shape index (κ1) is 15.8. The number of hydrogen-bond acceptors (Lipinski definition) is 6. The summed E-state index contributed by atoms with van der Waals surface area (Å²) in [6, 6.07) is 0. The van der Waals surface area contributed by atoms with Crippen molar-refractivity contribution in [1.29, 1.82) is 0 Å². The van der Waals surface area contributed by atoms with Crippen LogP contribution in [-0.4, -0.2) is 24.7 Å². The van der Waals surface area contributed by atoms with Gasteiger partial charge in [0, 0.05) is 0 Å². The van der Waals surface area contributed by atoms with Crippen molar-refractivity contribution in [3.63, 3.8) is 0 Å². The Kier molecular flexibility index (Phi) is 4.20. The number of primary sulfonamides is 1. The third-order valence-corrected chi connectivity index (χ3v) is 3.50. The number of halogens is 4. The Balaban J connectivity index is 3.60. The molecule has 0 amide bonds. The maximum atomic E-state index is 12.2. The second-order valence-corrected chi connectivity index (χ2v) is 5.55. The van der Waals surface area contributed by atoms with Crippen LogP contribution in [-0.2, 0) is 10.0 Å². The first-order chi connectivity index (χ1) is 8.43. The summed E-state index contributed by atoms with van der Waals surface area (Å²) in [6.07, 6.45) is -4.91. The molecule has 0 aliphatic carbocycles. The van der Waals surface area contributed by atoms with Gasteiger partial charge in [0.2, 0.25) is 10.0 Å². The van der Waals surface area contributed by atoms with Gasteiger partial charge in [-0.25, -0.2) is 13.6 Å². The van der Waals surface area contributed by atoms with Crippen LogP contribution in [0.15, 0.2) is 11.1 Å². The molecule has 2 N–H and O–H groups in total. The number of aromatic nitrogens is 1. The molecule has 106 valence electrons. The quantitative estimate of drug-likeness (QED) is 0.450. The highest BCUT2D eigenvalue weighted by molar-refractivity contribution is 14.1. The zero-order valence-corrected chi connectivity index (χ0v) is 11.5. The molecule has 1 heterocycles. The molecule has 1 aromatic rings. The number of nitrogens with two attached hydrogens (primary N) is 1. The number of alkyl halides is 3. The number of rotatable bonds is 3. The summed E-state index contributed by atoms with van der Waals surface area (Å²) in [7, 11) is -4.59. The zero-order chi connectivity index (χ0) is 15.0. The van der Waals surface area contributed by atoms with Crippen LogP contribution in [0.25, 0.3) is 0 Å². The molecular formula is C6H3F3IN3O5S. The van der Waals surface area contributed by atoms with Crippen molar-refractivity contribution in [3.05, 3.63) is 19.9 Å². The van der Waals surface area contributed by atoms with Gasteiger partial charge in [0.05, 0.1) is 0 Å². The minimum absolute atomic E-state index is 0.330. The highest BCUT2D eigenvalue weighted by Gasteiger charge is 2.37. The Morgan fingerprint density at radius 1 is 1.47 bits per heavy atom. The lowest BCUT2D eigenvalue weighted by atomic mass is 10.4. The van der Waals surface area contributed by atoms with Crippen LogP contribution in [0.3, 0.4) is 0 Å². The minimum Gasteiger partial charge on any atom is -0.403 e. The lowest BCUT2D eigenvalue weighted by molar-refractivity contribution is -0.390. The number of pyridine rings is 1. The second kappa shape index (κ2) is 5.04. The molecule has 0 aromatic carbocycles. The van der Waals surface area contributed by atoms with Gasteiger partial charge >= 0.3 is 12.2 Å². The fourth-order valence-electron chi connectivity index (χ4n) is 0.986. The van der Waals surface area contributed by atoms with E-state index in [2.05, 4.69) is 14.9 Å². The van der Waals surface area contributed by atoms with Crippen molar-refractivity contribution < 1.29 is 31.2 Å². The summed E-state index contributed by atoms with van der Waals surface area (Å²) in [5.74, 6) is -2.26. The lowest BCUT2D eigenvalue weighted by Gasteiger charge is -2.12. The van der Waals surface area contributed by atoms with Crippen molar-refractivity contribution in [3.8, 4) is 5.75 Å². The second-order valence-electron chi connectivity index (χ2n) is 2.94. The lowest BCUT2D eigenvalue weighted by Crippen LogP contribution is -2.22. The van der Waals surface area contributed by atoms with E-state index in [0.29, 0.717) is 6.20 Å². The van der Waals surface area contributed by atoms with E-state index < -0.39 is 41.3 Å². The van der Waals surface area contributed by atoms with E-state index in [1.165, 1.54) is 0 Å². The van der Waals surface area contributed by atoms with Crippen molar-refractivity contribution in [1.82, 2.24) is 4.98 Å². The van der Waals surface area contributed by atoms with Gasteiger partial charge in [0.1, 0.15) is 0 Å². The number of ether oxygens (including phenoxy) is 1. The topological polar surface area (TPSA) is 125 Å². The van der Waals surface area contributed by atoms with E-state index in [-0.39, 0.29) is 0 Å². The van der Waals surface area contributed by atoms with Gasteiger partial charge in [0.15, 0.2) is 20.4 Å². The van der Waals surface area contributed by atoms with Gasteiger partial charge < -0.3 is 14.9 Å². The molecule has 0 bridgehead atoms. The van der Waals surface area contributed by atoms with Crippen molar-refractivity contribution in [2.75, 3.05) is 0 Å². The average molecular weight is 413 g/mol. The molecule has 0 aliphatic rings.